The first kappa shape index (κ1) is 21.2. The number of fused-ring (bicyclic) bond motifs is 1. The summed E-state index contributed by atoms with van der Waals surface area (Å²) in [6.07, 6.45) is 2.79. The predicted molar refractivity (Wildman–Crippen MR) is 118 cm³/mol. The summed E-state index contributed by atoms with van der Waals surface area (Å²) < 4.78 is 18.5. The molecule has 2 aliphatic heterocycles. The Bertz CT molecular complexity index is 1220. The molecule has 1 atom stereocenters. The van der Waals surface area contributed by atoms with Gasteiger partial charge >= 0.3 is 0 Å². The second-order valence-electron chi connectivity index (χ2n) is 8.60. The molecule has 2 aromatic heterocycles. The van der Waals surface area contributed by atoms with Crippen LogP contribution in [0.25, 0.3) is 11.3 Å². The van der Waals surface area contributed by atoms with E-state index < -0.39 is 0 Å². The lowest BCUT2D eigenvalue weighted by atomic mass is 9.95. The molecule has 9 heteroatoms. The molecule has 3 aromatic rings. The molecule has 2 amide bonds. The number of hydrogen-bond donors (Lipinski definition) is 0. The van der Waals surface area contributed by atoms with Crippen molar-refractivity contribution in [2.75, 3.05) is 25.0 Å². The van der Waals surface area contributed by atoms with Gasteiger partial charge in [0.25, 0.3) is 5.91 Å². The van der Waals surface area contributed by atoms with Crippen LogP contribution in [0.3, 0.4) is 0 Å². The van der Waals surface area contributed by atoms with Gasteiger partial charge in [0.05, 0.1) is 0 Å². The molecule has 4 heterocycles. The van der Waals surface area contributed by atoms with E-state index in [2.05, 4.69) is 5.16 Å². The summed E-state index contributed by atoms with van der Waals surface area (Å²) in [5, 5.41) is 3.98. The van der Waals surface area contributed by atoms with E-state index in [0.717, 1.165) is 24.1 Å². The number of likely N-dealkylation sites (tertiary alicyclic amines) is 1. The van der Waals surface area contributed by atoms with Crippen LogP contribution in [0.5, 0.6) is 0 Å². The topological polar surface area (TPSA) is 92.4 Å². The molecule has 8 nitrogen and oxygen atoms in total. The standard InChI is InChI=1S/C24H24FN5O3/c1-14-18-9-10-21(31)29(2)23(18)27-22(26-14)16-4-3-11-30(13-16)24(32)20-12-19(28-33-20)15-5-7-17(25)8-6-15/h5-8,12,16H,3-4,9-11,13H2,1-2H3/t16-/m0/s1. The third kappa shape index (κ3) is 3.99. The number of amides is 2. The normalized spacial score (nSPS) is 18.4. The lowest BCUT2D eigenvalue weighted by Crippen LogP contribution is -2.40. The van der Waals surface area contributed by atoms with E-state index in [-0.39, 0.29) is 29.3 Å². The molecule has 0 unspecified atom stereocenters. The number of halogens is 1. The molecule has 1 fully saturated rings. The van der Waals surface area contributed by atoms with Crippen molar-refractivity contribution in [1.29, 1.82) is 0 Å². The van der Waals surface area contributed by atoms with Gasteiger partial charge in [-0.3, -0.25) is 14.5 Å². The lowest BCUT2D eigenvalue weighted by molar-refractivity contribution is -0.118. The van der Waals surface area contributed by atoms with Crippen LogP contribution in [0.4, 0.5) is 10.2 Å². The fraction of sp³-hybridized carbons (Fsp3) is 0.375. The largest absolute Gasteiger partial charge is 0.350 e. The molecule has 0 saturated carbocycles. The first-order chi connectivity index (χ1) is 15.9. The van der Waals surface area contributed by atoms with Crippen LogP contribution in [0, 0.1) is 12.7 Å². The minimum atomic E-state index is -0.340. The van der Waals surface area contributed by atoms with E-state index in [9.17, 15) is 14.0 Å². The zero-order valence-corrected chi connectivity index (χ0v) is 18.5. The zero-order valence-electron chi connectivity index (χ0n) is 18.5. The van der Waals surface area contributed by atoms with E-state index in [0.29, 0.717) is 48.8 Å². The molecular formula is C24H24FN5O3. The highest BCUT2D eigenvalue weighted by molar-refractivity contribution is 5.95. The van der Waals surface area contributed by atoms with Gasteiger partial charge in [0.2, 0.25) is 11.7 Å². The Morgan fingerprint density at radius 2 is 1.97 bits per heavy atom. The molecule has 2 aliphatic rings. The number of carbonyl (C=O) groups excluding carboxylic acids is 2. The predicted octanol–water partition coefficient (Wildman–Crippen LogP) is 3.51. The lowest BCUT2D eigenvalue weighted by Gasteiger charge is -2.32. The van der Waals surface area contributed by atoms with Crippen molar-refractivity contribution in [3.8, 4) is 11.3 Å². The summed E-state index contributed by atoms with van der Waals surface area (Å²) in [5.41, 5.74) is 3.05. The van der Waals surface area contributed by atoms with Crippen LogP contribution in [0.2, 0.25) is 0 Å². The van der Waals surface area contributed by atoms with Gasteiger partial charge in [0.1, 0.15) is 23.2 Å². The van der Waals surface area contributed by atoms with E-state index in [1.807, 2.05) is 6.92 Å². The summed E-state index contributed by atoms with van der Waals surface area (Å²) in [4.78, 5) is 38.1. The number of nitrogens with zero attached hydrogens (tertiary/aromatic N) is 5. The molecule has 0 bridgehead atoms. The highest BCUT2D eigenvalue weighted by Crippen LogP contribution is 2.32. The third-order valence-corrected chi connectivity index (χ3v) is 6.42. The Labute approximate surface area is 190 Å². The molecular weight excluding hydrogens is 425 g/mol. The van der Waals surface area contributed by atoms with Gasteiger partial charge in [-0.05, 0) is 50.5 Å². The summed E-state index contributed by atoms with van der Waals surface area (Å²) in [6, 6.07) is 7.45. The van der Waals surface area contributed by atoms with Crippen molar-refractivity contribution < 1.29 is 18.5 Å². The molecule has 1 saturated heterocycles. The highest BCUT2D eigenvalue weighted by Gasteiger charge is 2.32. The van der Waals surface area contributed by atoms with Crippen LogP contribution >= 0.6 is 0 Å². The van der Waals surface area contributed by atoms with Gasteiger partial charge in [0.15, 0.2) is 0 Å². The van der Waals surface area contributed by atoms with Crippen LogP contribution in [-0.2, 0) is 11.2 Å². The molecule has 0 N–H and O–H groups in total. The Hall–Kier alpha value is -3.62. The number of carbonyl (C=O) groups is 2. The first-order valence-electron chi connectivity index (χ1n) is 11.1. The summed E-state index contributed by atoms with van der Waals surface area (Å²) in [7, 11) is 1.75. The Morgan fingerprint density at radius 3 is 2.76 bits per heavy atom. The number of piperidine rings is 1. The van der Waals surface area contributed by atoms with Gasteiger partial charge < -0.3 is 9.42 Å². The number of aromatic nitrogens is 3. The fourth-order valence-electron chi connectivity index (χ4n) is 4.53. The molecule has 33 heavy (non-hydrogen) atoms. The van der Waals surface area contributed by atoms with E-state index in [4.69, 9.17) is 14.5 Å². The second-order valence-corrected chi connectivity index (χ2v) is 8.60. The van der Waals surface area contributed by atoms with Crippen LogP contribution in [-0.4, -0.2) is 52.0 Å². The van der Waals surface area contributed by atoms with Gasteiger partial charge in [-0.1, -0.05) is 5.16 Å². The maximum atomic E-state index is 13.2. The molecule has 1 aromatic carbocycles. The zero-order chi connectivity index (χ0) is 23.1. The van der Waals surface area contributed by atoms with E-state index >= 15 is 0 Å². The summed E-state index contributed by atoms with van der Waals surface area (Å²) >= 11 is 0. The van der Waals surface area contributed by atoms with Gasteiger partial charge in [-0.15, -0.1) is 0 Å². The Balaban J connectivity index is 1.35. The minimum absolute atomic E-state index is 0.0309. The highest BCUT2D eigenvalue weighted by atomic mass is 19.1. The smallest absolute Gasteiger partial charge is 0.292 e. The quantitative estimate of drug-likeness (QED) is 0.608. The molecule has 0 aliphatic carbocycles. The second kappa shape index (κ2) is 8.38. The number of aryl methyl sites for hydroxylation is 1. The van der Waals surface area contributed by atoms with E-state index in [1.54, 1.807) is 35.0 Å². The number of anilines is 1. The fourth-order valence-corrected chi connectivity index (χ4v) is 4.53. The maximum Gasteiger partial charge on any atom is 0.292 e. The van der Waals surface area contributed by atoms with Gasteiger partial charge in [-0.2, -0.15) is 0 Å². The number of benzene rings is 1. The van der Waals surface area contributed by atoms with Crippen molar-refractivity contribution in [3.63, 3.8) is 0 Å². The Morgan fingerprint density at radius 1 is 1.18 bits per heavy atom. The van der Waals surface area contributed by atoms with Crippen LogP contribution < -0.4 is 4.90 Å². The maximum absolute atomic E-state index is 13.2. The molecule has 170 valence electrons. The Kier molecular flexibility index (Phi) is 5.39. The van der Waals surface area contributed by atoms with Crippen molar-refractivity contribution in [2.24, 2.45) is 0 Å². The van der Waals surface area contributed by atoms with Crippen LogP contribution in [0.1, 0.15) is 52.8 Å². The van der Waals surface area contributed by atoms with Crippen molar-refractivity contribution in [2.45, 2.75) is 38.5 Å². The SMILES string of the molecule is Cc1nc([C@H]2CCCN(C(=O)c3cc(-c4ccc(F)cc4)no3)C2)nc2c1CCC(=O)N2C. The van der Waals surface area contributed by atoms with Gasteiger partial charge in [0, 0.05) is 55.4 Å². The molecule has 0 spiro atoms. The first-order valence-corrected chi connectivity index (χ1v) is 11.1. The summed E-state index contributed by atoms with van der Waals surface area (Å²) in [5.74, 6) is 0.913. The van der Waals surface area contributed by atoms with Crippen molar-refractivity contribution in [1.82, 2.24) is 20.0 Å². The number of rotatable bonds is 3. The third-order valence-electron chi connectivity index (χ3n) is 6.42. The minimum Gasteiger partial charge on any atom is -0.350 e. The average molecular weight is 449 g/mol. The van der Waals surface area contributed by atoms with Crippen molar-refractivity contribution in [3.05, 3.63) is 59.0 Å². The summed E-state index contributed by atoms with van der Waals surface area (Å²) in [6.45, 7) is 3.01. The molecule has 0 radical (unpaired) electrons. The van der Waals surface area contributed by atoms with Gasteiger partial charge in [-0.25, -0.2) is 14.4 Å². The van der Waals surface area contributed by atoms with Crippen LogP contribution in [0.15, 0.2) is 34.9 Å². The number of hydrogen-bond acceptors (Lipinski definition) is 6. The van der Waals surface area contributed by atoms with Crippen molar-refractivity contribution >= 4 is 17.6 Å². The average Bonchev–Trinajstić information content (AvgIpc) is 3.32. The molecule has 5 rings (SSSR count). The van der Waals surface area contributed by atoms with E-state index in [1.165, 1.54) is 12.1 Å². The monoisotopic (exact) mass is 449 g/mol.